The molecule has 0 bridgehead atoms. The highest BCUT2D eigenvalue weighted by molar-refractivity contribution is 6.30. The van der Waals surface area contributed by atoms with Gasteiger partial charge in [0.2, 0.25) is 0 Å². The number of hydrogen-bond donors (Lipinski definition) is 1. The molecule has 0 atom stereocenters. The maximum absolute atomic E-state index is 5.60. The molecular weight excluding hydrogens is 198 g/mol. The predicted octanol–water partition coefficient (Wildman–Crippen LogP) is 0.601. The molecule has 0 saturated heterocycles. The molecule has 5 heteroatoms. The van der Waals surface area contributed by atoms with Crippen LogP contribution in [0.4, 0.5) is 0 Å². The minimum Gasteiger partial charge on any atom is -0.356 e. The van der Waals surface area contributed by atoms with Crippen LogP contribution in [-0.4, -0.2) is 35.5 Å². The average Bonchev–Trinajstić information content (AvgIpc) is 2.16. The molecular formula is C9H23NO3Si. The van der Waals surface area contributed by atoms with Crippen LogP contribution < -0.4 is 5.40 Å². The first-order valence-electron chi connectivity index (χ1n) is 5.36. The van der Waals surface area contributed by atoms with Gasteiger partial charge in [-0.2, -0.15) is 0 Å². The molecule has 0 unspecified atom stereocenters. The second-order valence-electron chi connectivity index (χ2n) is 2.87. The van der Waals surface area contributed by atoms with Crippen LogP contribution in [0.15, 0.2) is 0 Å². The molecule has 0 saturated carbocycles. The fraction of sp³-hybridized carbons (Fsp3) is 1.00. The van der Waals surface area contributed by atoms with Gasteiger partial charge in [0.05, 0.1) is 9.68 Å². The van der Waals surface area contributed by atoms with Crippen LogP contribution in [0.5, 0.6) is 0 Å². The van der Waals surface area contributed by atoms with E-state index in [1.165, 1.54) is 0 Å². The Morgan fingerprint density at radius 2 is 1.43 bits per heavy atom. The van der Waals surface area contributed by atoms with E-state index < -0.39 is 15.7 Å². The molecule has 0 aromatic rings. The zero-order valence-corrected chi connectivity index (χ0v) is 11.0. The summed E-state index contributed by atoms with van der Waals surface area (Å²) < 4.78 is 16.6. The monoisotopic (exact) mass is 221 g/mol. The number of hydrogen-bond acceptors (Lipinski definition) is 4. The van der Waals surface area contributed by atoms with Gasteiger partial charge < -0.3 is 19.6 Å². The van der Waals surface area contributed by atoms with Crippen molar-refractivity contribution in [2.75, 3.05) is 19.8 Å². The molecule has 0 aromatic heterocycles. The topological polar surface area (TPSA) is 53.7 Å². The lowest BCUT2D eigenvalue weighted by Gasteiger charge is -2.32. The van der Waals surface area contributed by atoms with Gasteiger partial charge in [-0.25, -0.2) is 0 Å². The zero-order valence-electron chi connectivity index (χ0n) is 9.54. The van der Waals surface area contributed by atoms with Crippen LogP contribution in [0.2, 0.25) is 6.04 Å². The Balaban J connectivity index is 4.21. The third-order valence-corrected chi connectivity index (χ3v) is 2.54. The van der Waals surface area contributed by atoms with Gasteiger partial charge in [-0.15, -0.1) is 0 Å². The summed E-state index contributed by atoms with van der Waals surface area (Å²) in [6.07, 6.45) is 0.741. The van der Waals surface area contributed by atoms with Crippen molar-refractivity contribution in [3.05, 3.63) is 0 Å². The maximum Gasteiger partial charge on any atom is 0.282 e. The summed E-state index contributed by atoms with van der Waals surface area (Å²) in [4.78, 5) is 0. The molecule has 86 valence electrons. The van der Waals surface area contributed by atoms with Crippen LogP contribution in [0.3, 0.4) is 0 Å². The molecule has 2 N–H and O–H groups in total. The van der Waals surface area contributed by atoms with Gasteiger partial charge in [-0.1, -0.05) is 0 Å². The molecule has 14 heavy (non-hydrogen) atoms. The van der Waals surface area contributed by atoms with E-state index in [-0.39, 0.29) is 0 Å². The number of nitrogens with two attached hydrogens (primary N) is 1. The molecule has 0 spiro atoms. The van der Waals surface area contributed by atoms with Gasteiger partial charge in [0, 0.05) is 26.2 Å². The molecule has 4 nitrogen and oxygen atoms in total. The highest BCUT2D eigenvalue weighted by atomic mass is 28.2. The summed E-state index contributed by atoms with van der Waals surface area (Å²) in [6, 6.07) is 0.972. The molecule has 0 amide bonds. The molecule has 0 aliphatic heterocycles. The number of ether oxygens (including phenoxy) is 3. The number of rotatable bonds is 9. The zero-order chi connectivity index (χ0) is 10.9. The summed E-state index contributed by atoms with van der Waals surface area (Å²) in [6.45, 7) is 7.58. The third-order valence-electron chi connectivity index (χ3n) is 1.78. The van der Waals surface area contributed by atoms with Crippen LogP contribution >= 0.6 is 0 Å². The normalized spacial score (nSPS) is 12.9. The first-order valence-corrected chi connectivity index (χ1v) is 7.18. The van der Waals surface area contributed by atoms with Crippen LogP contribution in [0.1, 0.15) is 27.2 Å². The molecule has 0 rings (SSSR count). The lowest BCUT2D eigenvalue weighted by atomic mass is 10.4. The quantitative estimate of drug-likeness (QED) is 0.457. The van der Waals surface area contributed by atoms with Gasteiger partial charge in [-0.3, -0.25) is 0 Å². The van der Waals surface area contributed by atoms with Gasteiger partial charge in [0.15, 0.2) is 0 Å². The van der Waals surface area contributed by atoms with Crippen LogP contribution in [0, 0.1) is 0 Å². The second-order valence-corrected chi connectivity index (χ2v) is 4.16. The molecule has 0 radical (unpaired) electrons. The van der Waals surface area contributed by atoms with E-state index in [0.29, 0.717) is 19.8 Å². The minimum absolute atomic E-state index is 0.457. The molecule has 0 aliphatic carbocycles. The van der Waals surface area contributed by atoms with Gasteiger partial charge in [0.25, 0.3) is 5.97 Å². The van der Waals surface area contributed by atoms with Gasteiger partial charge >= 0.3 is 0 Å². The van der Waals surface area contributed by atoms with Crippen LogP contribution in [-0.2, 0) is 14.2 Å². The Morgan fingerprint density at radius 3 is 1.71 bits per heavy atom. The van der Waals surface area contributed by atoms with E-state index in [4.69, 9.17) is 19.6 Å². The van der Waals surface area contributed by atoms with Crippen molar-refractivity contribution in [3.63, 3.8) is 0 Å². The standard InChI is InChI=1S/C9H23NO3Si/c1-4-11-9(12-5-2,13-6-3)7-8-14-10/h4-8,10,14H2,1-3H3. The highest BCUT2D eigenvalue weighted by Crippen LogP contribution is 2.21. The fourth-order valence-electron chi connectivity index (χ4n) is 1.32. The summed E-state index contributed by atoms with van der Waals surface area (Å²) in [5.74, 6) is -0.843. The predicted molar refractivity (Wildman–Crippen MR) is 59.8 cm³/mol. The Morgan fingerprint density at radius 1 is 1.00 bits per heavy atom. The van der Waals surface area contributed by atoms with E-state index in [2.05, 4.69) is 0 Å². The Hall–Kier alpha value is 0.0569. The van der Waals surface area contributed by atoms with Crippen molar-refractivity contribution in [3.8, 4) is 0 Å². The Kier molecular flexibility index (Phi) is 8.41. The van der Waals surface area contributed by atoms with Crippen molar-refractivity contribution in [2.24, 2.45) is 5.40 Å². The summed E-state index contributed by atoms with van der Waals surface area (Å²) in [5, 5.41) is 5.60. The first kappa shape index (κ1) is 14.1. The lowest BCUT2D eigenvalue weighted by molar-refractivity contribution is -0.377. The summed E-state index contributed by atoms with van der Waals surface area (Å²) in [7, 11) is -0.457. The van der Waals surface area contributed by atoms with Crippen molar-refractivity contribution >= 4 is 9.68 Å². The first-order chi connectivity index (χ1) is 6.74. The van der Waals surface area contributed by atoms with Crippen molar-refractivity contribution in [1.29, 1.82) is 0 Å². The van der Waals surface area contributed by atoms with E-state index >= 15 is 0 Å². The Labute approximate surface area is 89.0 Å². The van der Waals surface area contributed by atoms with Crippen molar-refractivity contribution < 1.29 is 14.2 Å². The van der Waals surface area contributed by atoms with Crippen LogP contribution in [0.25, 0.3) is 0 Å². The fourth-order valence-corrected chi connectivity index (χ4v) is 1.96. The SMILES string of the molecule is CCOC(CC[SiH2]N)(OCC)OCC. The largest absolute Gasteiger partial charge is 0.356 e. The van der Waals surface area contributed by atoms with E-state index in [0.717, 1.165) is 12.5 Å². The molecule has 0 aromatic carbocycles. The molecule has 0 aliphatic rings. The third kappa shape index (κ3) is 5.07. The van der Waals surface area contributed by atoms with Crippen molar-refractivity contribution in [1.82, 2.24) is 0 Å². The minimum atomic E-state index is -0.843. The van der Waals surface area contributed by atoms with E-state index in [1.54, 1.807) is 0 Å². The summed E-state index contributed by atoms with van der Waals surface area (Å²) >= 11 is 0. The van der Waals surface area contributed by atoms with Gasteiger partial charge in [-0.05, 0) is 26.8 Å². The second kappa shape index (κ2) is 8.37. The molecule has 0 fully saturated rings. The smallest absolute Gasteiger partial charge is 0.282 e. The summed E-state index contributed by atoms with van der Waals surface area (Å²) in [5.41, 5.74) is 0. The highest BCUT2D eigenvalue weighted by Gasteiger charge is 2.31. The average molecular weight is 221 g/mol. The van der Waals surface area contributed by atoms with E-state index in [1.807, 2.05) is 20.8 Å². The Bertz CT molecular complexity index is 118. The maximum atomic E-state index is 5.60. The van der Waals surface area contributed by atoms with Crippen molar-refractivity contribution in [2.45, 2.75) is 39.2 Å². The molecule has 0 heterocycles. The van der Waals surface area contributed by atoms with Gasteiger partial charge in [0.1, 0.15) is 0 Å². The lowest BCUT2D eigenvalue weighted by Crippen LogP contribution is -2.40. The van der Waals surface area contributed by atoms with E-state index in [9.17, 15) is 0 Å².